The van der Waals surface area contributed by atoms with E-state index in [4.69, 9.17) is 4.74 Å². The molecular formula is C13H18BrN3O2. The van der Waals surface area contributed by atoms with Crippen molar-refractivity contribution in [2.75, 3.05) is 18.5 Å². The van der Waals surface area contributed by atoms with Crippen LogP contribution in [-0.4, -0.2) is 40.2 Å². The molecule has 0 aromatic carbocycles. The molecule has 0 saturated carbocycles. The minimum atomic E-state index is -0.223. The molecule has 1 aromatic rings. The Hall–Kier alpha value is -1.01. The van der Waals surface area contributed by atoms with E-state index in [2.05, 4.69) is 31.4 Å². The van der Waals surface area contributed by atoms with Gasteiger partial charge in [-0.3, -0.25) is 4.79 Å². The minimum absolute atomic E-state index is 0.0862. The van der Waals surface area contributed by atoms with Crippen molar-refractivity contribution in [2.45, 2.75) is 32.2 Å². The van der Waals surface area contributed by atoms with Crippen molar-refractivity contribution in [3.05, 3.63) is 23.0 Å². The van der Waals surface area contributed by atoms with Gasteiger partial charge in [0.1, 0.15) is 0 Å². The SMILES string of the molecule is Cc1cc(C(=O)NC2(CBr)CCOCC2)c(C)nn1. The first-order valence-corrected chi connectivity index (χ1v) is 7.46. The molecule has 6 heteroatoms. The lowest BCUT2D eigenvalue weighted by molar-refractivity contribution is 0.0441. The molecule has 5 nitrogen and oxygen atoms in total. The highest BCUT2D eigenvalue weighted by Crippen LogP contribution is 2.23. The predicted octanol–water partition coefficient (Wildman–Crippen LogP) is 1.77. The van der Waals surface area contributed by atoms with Gasteiger partial charge in [-0.25, -0.2) is 0 Å². The summed E-state index contributed by atoms with van der Waals surface area (Å²) in [5.74, 6) is -0.0862. The maximum Gasteiger partial charge on any atom is 0.253 e. The summed E-state index contributed by atoms with van der Waals surface area (Å²) in [4.78, 5) is 12.4. The molecule has 0 unspecified atom stereocenters. The van der Waals surface area contributed by atoms with Crippen LogP contribution in [-0.2, 0) is 4.74 Å². The molecule has 1 N–H and O–H groups in total. The first-order chi connectivity index (χ1) is 9.06. The minimum Gasteiger partial charge on any atom is -0.381 e. The van der Waals surface area contributed by atoms with Gasteiger partial charge >= 0.3 is 0 Å². The topological polar surface area (TPSA) is 64.1 Å². The number of alkyl halides is 1. The van der Waals surface area contributed by atoms with Gasteiger partial charge in [0, 0.05) is 18.5 Å². The van der Waals surface area contributed by atoms with Gasteiger partial charge < -0.3 is 10.1 Å². The van der Waals surface area contributed by atoms with E-state index in [-0.39, 0.29) is 11.4 Å². The number of hydrogen-bond acceptors (Lipinski definition) is 4. The van der Waals surface area contributed by atoms with Gasteiger partial charge in [-0.2, -0.15) is 10.2 Å². The zero-order valence-corrected chi connectivity index (χ0v) is 12.8. The Kier molecular flexibility index (Phi) is 4.52. The zero-order valence-electron chi connectivity index (χ0n) is 11.2. The second-order valence-corrected chi connectivity index (χ2v) is 5.53. The van der Waals surface area contributed by atoms with Crippen molar-refractivity contribution in [1.29, 1.82) is 0 Å². The smallest absolute Gasteiger partial charge is 0.253 e. The molecule has 19 heavy (non-hydrogen) atoms. The van der Waals surface area contributed by atoms with Gasteiger partial charge in [0.2, 0.25) is 0 Å². The fourth-order valence-electron chi connectivity index (χ4n) is 2.14. The van der Waals surface area contributed by atoms with Crippen LogP contribution < -0.4 is 5.32 Å². The van der Waals surface area contributed by atoms with E-state index in [1.54, 1.807) is 13.0 Å². The number of aryl methyl sites for hydroxylation is 2. The number of ether oxygens (including phenoxy) is 1. The fraction of sp³-hybridized carbons (Fsp3) is 0.615. The van der Waals surface area contributed by atoms with E-state index in [0.29, 0.717) is 24.5 Å². The highest BCUT2D eigenvalue weighted by Gasteiger charge is 2.33. The molecule has 1 amide bonds. The Morgan fingerprint density at radius 2 is 2.11 bits per heavy atom. The number of carbonyl (C=O) groups excluding carboxylic acids is 1. The third kappa shape index (κ3) is 3.30. The number of amides is 1. The zero-order chi connectivity index (χ0) is 13.9. The molecule has 0 aliphatic carbocycles. The first-order valence-electron chi connectivity index (χ1n) is 6.33. The number of carbonyl (C=O) groups is 1. The maximum atomic E-state index is 12.4. The molecule has 0 spiro atoms. The Morgan fingerprint density at radius 1 is 1.42 bits per heavy atom. The lowest BCUT2D eigenvalue weighted by Gasteiger charge is -2.36. The van der Waals surface area contributed by atoms with Crippen molar-refractivity contribution in [3.8, 4) is 0 Å². The Morgan fingerprint density at radius 3 is 2.74 bits per heavy atom. The van der Waals surface area contributed by atoms with E-state index >= 15 is 0 Å². The average molecular weight is 328 g/mol. The highest BCUT2D eigenvalue weighted by atomic mass is 79.9. The molecule has 104 valence electrons. The monoisotopic (exact) mass is 327 g/mol. The number of hydrogen-bond donors (Lipinski definition) is 1. The normalized spacial score (nSPS) is 18.1. The largest absolute Gasteiger partial charge is 0.381 e. The van der Waals surface area contributed by atoms with Crippen LogP contribution in [0.2, 0.25) is 0 Å². The number of halogens is 1. The van der Waals surface area contributed by atoms with Crippen molar-refractivity contribution >= 4 is 21.8 Å². The van der Waals surface area contributed by atoms with Crippen LogP contribution >= 0.6 is 15.9 Å². The lowest BCUT2D eigenvalue weighted by Crippen LogP contribution is -2.53. The van der Waals surface area contributed by atoms with Crippen LogP contribution in [0, 0.1) is 13.8 Å². The summed E-state index contributed by atoms with van der Waals surface area (Å²) in [6, 6.07) is 1.78. The summed E-state index contributed by atoms with van der Waals surface area (Å²) in [7, 11) is 0. The fourth-order valence-corrected chi connectivity index (χ4v) is 2.84. The Labute approximate surface area is 121 Å². The van der Waals surface area contributed by atoms with E-state index in [1.165, 1.54) is 0 Å². The van der Waals surface area contributed by atoms with Gasteiger partial charge in [-0.05, 0) is 32.8 Å². The Balaban J connectivity index is 2.17. The van der Waals surface area contributed by atoms with Crippen molar-refractivity contribution < 1.29 is 9.53 Å². The van der Waals surface area contributed by atoms with Crippen LogP contribution in [0.3, 0.4) is 0 Å². The molecule has 0 radical (unpaired) electrons. The average Bonchev–Trinajstić information content (AvgIpc) is 2.42. The van der Waals surface area contributed by atoms with Crippen LogP contribution in [0.25, 0.3) is 0 Å². The highest BCUT2D eigenvalue weighted by molar-refractivity contribution is 9.09. The molecule has 1 aliphatic rings. The number of rotatable bonds is 3. The summed E-state index contributed by atoms with van der Waals surface area (Å²) in [5, 5.41) is 11.8. The number of nitrogens with zero attached hydrogens (tertiary/aromatic N) is 2. The predicted molar refractivity (Wildman–Crippen MR) is 75.6 cm³/mol. The van der Waals surface area contributed by atoms with Gasteiger partial charge in [-0.1, -0.05) is 15.9 Å². The molecule has 2 rings (SSSR count). The van der Waals surface area contributed by atoms with E-state index in [9.17, 15) is 4.79 Å². The van der Waals surface area contributed by atoms with Crippen LogP contribution in [0.4, 0.5) is 0 Å². The van der Waals surface area contributed by atoms with E-state index in [1.807, 2.05) is 6.92 Å². The van der Waals surface area contributed by atoms with Crippen molar-refractivity contribution in [3.63, 3.8) is 0 Å². The molecule has 1 aromatic heterocycles. The summed E-state index contributed by atoms with van der Waals surface area (Å²) >= 11 is 3.50. The van der Waals surface area contributed by atoms with Crippen LogP contribution in [0.1, 0.15) is 34.6 Å². The Bertz CT molecular complexity index is 473. The summed E-state index contributed by atoms with van der Waals surface area (Å²) in [5.41, 5.74) is 1.77. The summed E-state index contributed by atoms with van der Waals surface area (Å²) in [6.45, 7) is 4.99. The molecule has 0 bridgehead atoms. The molecule has 0 atom stereocenters. The van der Waals surface area contributed by atoms with Crippen molar-refractivity contribution in [1.82, 2.24) is 15.5 Å². The van der Waals surface area contributed by atoms with E-state index < -0.39 is 0 Å². The van der Waals surface area contributed by atoms with E-state index in [0.717, 1.165) is 23.9 Å². The quantitative estimate of drug-likeness (QED) is 0.859. The number of aromatic nitrogens is 2. The number of nitrogens with one attached hydrogen (secondary N) is 1. The molecule has 1 fully saturated rings. The van der Waals surface area contributed by atoms with Gasteiger partial charge in [-0.15, -0.1) is 0 Å². The second kappa shape index (κ2) is 5.96. The van der Waals surface area contributed by atoms with Gasteiger partial charge in [0.15, 0.2) is 0 Å². The molecule has 1 saturated heterocycles. The van der Waals surface area contributed by atoms with Gasteiger partial charge in [0.05, 0.1) is 22.5 Å². The molecule has 2 heterocycles. The standard InChI is InChI=1S/C13H18BrN3O2/c1-9-7-11(10(2)17-16-9)12(18)15-13(8-14)3-5-19-6-4-13/h7H,3-6,8H2,1-2H3,(H,15,18). The third-order valence-electron chi connectivity index (χ3n) is 3.43. The summed E-state index contributed by atoms with van der Waals surface area (Å²) < 4.78 is 5.36. The first kappa shape index (κ1) is 14.4. The van der Waals surface area contributed by atoms with Crippen LogP contribution in [0.15, 0.2) is 6.07 Å². The van der Waals surface area contributed by atoms with Crippen LogP contribution in [0.5, 0.6) is 0 Å². The molecular weight excluding hydrogens is 310 g/mol. The maximum absolute atomic E-state index is 12.4. The third-order valence-corrected chi connectivity index (χ3v) is 4.50. The second-order valence-electron chi connectivity index (χ2n) is 4.97. The lowest BCUT2D eigenvalue weighted by atomic mass is 9.92. The molecule has 1 aliphatic heterocycles. The van der Waals surface area contributed by atoms with Gasteiger partial charge in [0.25, 0.3) is 5.91 Å². The van der Waals surface area contributed by atoms with Crippen molar-refractivity contribution in [2.24, 2.45) is 0 Å². The summed E-state index contributed by atoms with van der Waals surface area (Å²) in [6.07, 6.45) is 1.64.